The fraction of sp³-hybridized carbons (Fsp3) is 0. The number of nitrogens with two attached hydrogens (primary N) is 1. The molecular weight excluding hydrogens is 238 g/mol. The van der Waals surface area contributed by atoms with E-state index in [2.05, 4.69) is 9.97 Å². The van der Waals surface area contributed by atoms with Crippen LogP contribution >= 0.6 is 0 Å². The number of carbonyl (C=O) groups excluding carboxylic acids is 1. The maximum absolute atomic E-state index is 12.4. The first kappa shape index (κ1) is 11.3. The lowest BCUT2D eigenvalue weighted by Crippen LogP contribution is -2.06. The molecule has 3 rings (SSSR count). The molecule has 0 radical (unpaired) electrons. The summed E-state index contributed by atoms with van der Waals surface area (Å²) in [7, 11) is 0. The van der Waals surface area contributed by atoms with Crippen LogP contribution in [0.4, 0.5) is 5.69 Å². The molecule has 0 fully saturated rings. The Morgan fingerprint density at radius 1 is 1.11 bits per heavy atom. The summed E-state index contributed by atoms with van der Waals surface area (Å²) in [6.07, 6.45) is 4.60. The molecule has 92 valence electrons. The van der Waals surface area contributed by atoms with Gasteiger partial charge in [0.2, 0.25) is 0 Å². The number of para-hydroxylation sites is 1. The van der Waals surface area contributed by atoms with Gasteiger partial charge in [0.1, 0.15) is 0 Å². The van der Waals surface area contributed by atoms with E-state index in [1.165, 1.54) is 6.20 Å². The maximum Gasteiger partial charge on any atom is 0.196 e. The summed E-state index contributed by atoms with van der Waals surface area (Å²) in [4.78, 5) is 20.5. The van der Waals surface area contributed by atoms with Gasteiger partial charge in [-0.05, 0) is 18.2 Å². The van der Waals surface area contributed by atoms with Crippen molar-refractivity contribution in [3.05, 3.63) is 66.1 Å². The molecule has 4 nitrogen and oxygen atoms in total. The Bertz CT molecular complexity index is 768. The van der Waals surface area contributed by atoms with E-state index in [-0.39, 0.29) is 5.78 Å². The molecule has 0 saturated carbocycles. The highest BCUT2D eigenvalue weighted by molar-refractivity contribution is 6.12. The standard InChI is InChI=1S/C15H11N3O/c16-13-9-17-6-5-12(13)15(19)11-7-10-3-1-2-4-14(10)18-8-11/h1-9H,16H2. The Kier molecular flexibility index (Phi) is 2.68. The van der Waals surface area contributed by atoms with Gasteiger partial charge in [0.25, 0.3) is 0 Å². The fourth-order valence-electron chi connectivity index (χ4n) is 1.96. The van der Waals surface area contributed by atoms with Crippen molar-refractivity contribution in [2.45, 2.75) is 0 Å². The van der Waals surface area contributed by atoms with Gasteiger partial charge >= 0.3 is 0 Å². The molecule has 0 aliphatic heterocycles. The summed E-state index contributed by atoms with van der Waals surface area (Å²) in [6.45, 7) is 0. The van der Waals surface area contributed by atoms with E-state index in [0.29, 0.717) is 16.8 Å². The van der Waals surface area contributed by atoms with E-state index in [0.717, 1.165) is 10.9 Å². The summed E-state index contributed by atoms with van der Waals surface area (Å²) >= 11 is 0. The number of hydrogen-bond acceptors (Lipinski definition) is 4. The minimum atomic E-state index is -0.141. The summed E-state index contributed by atoms with van der Waals surface area (Å²) in [5.74, 6) is -0.141. The van der Waals surface area contributed by atoms with Crippen molar-refractivity contribution >= 4 is 22.4 Å². The van der Waals surface area contributed by atoms with Gasteiger partial charge < -0.3 is 5.73 Å². The third-order valence-electron chi connectivity index (χ3n) is 2.95. The van der Waals surface area contributed by atoms with Crippen molar-refractivity contribution in [2.75, 3.05) is 5.73 Å². The first-order valence-corrected chi connectivity index (χ1v) is 5.85. The van der Waals surface area contributed by atoms with Crippen molar-refractivity contribution in [1.82, 2.24) is 9.97 Å². The fourth-order valence-corrected chi connectivity index (χ4v) is 1.96. The number of nitrogen functional groups attached to an aromatic ring is 1. The average molecular weight is 249 g/mol. The number of rotatable bonds is 2. The third-order valence-corrected chi connectivity index (χ3v) is 2.95. The Balaban J connectivity index is 2.09. The molecule has 0 amide bonds. The predicted octanol–water partition coefficient (Wildman–Crippen LogP) is 2.44. The van der Waals surface area contributed by atoms with Gasteiger partial charge in [-0.3, -0.25) is 14.8 Å². The van der Waals surface area contributed by atoms with Crippen LogP contribution in [0.3, 0.4) is 0 Å². The Labute approximate surface area is 109 Å². The minimum Gasteiger partial charge on any atom is -0.397 e. The van der Waals surface area contributed by atoms with Crippen LogP contribution < -0.4 is 5.73 Å². The highest BCUT2D eigenvalue weighted by atomic mass is 16.1. The zero-order chi connectivity index (χ0) is 13.2. The largest absolute Gasteiger partial charge is 0.397 e. The number of fused-ring (bicyclic) bond motifs is 1. The van der Waals surface area contributed by atoms with E-state index in [1.807, 2.05) is 30.3 Å². The summed E-state index contributed by atoms with van der Waals surface area (Å²) in [6, 6.07) is 11.1. The van der Waals surface area contributed by atoms with E-state index >= 15 is 0 Å². The Morgan fingerprint density at radius 2 is 1.95 bits per heavy atom. The minimum absolute atomic E-state index is 0.141. The van der Waals surface area contributed by atoms with Crippen LogP contribution in [0.15, 0.2) is 55.0 Å². The monoisotopic (exact) mass is 249 g/mol. The van der Waals surface area contributed by atoms with Gasteiger partial charge in [-0.15, -0.1) is 0 Å². The van der Waals surface area contributed by atoms with Crippen molar-refractivity contribution in [3.63, 3.8) is 0 Å². The molecule has 2 heterocycles. The van der Waals surface area contributed by atoms with E-state index < -0.39 is 0 Å². The molecule has 0 saturated heterocycles. The molecule has 4 heteroatoms. The zero-order valence-electron chi connectivity index (χ0n) is 10.1. The smallest absolute Gasteiger partial charge is 0.196 e. The van der Waals surface area contributed by atoms with Crippen LogP contribution in [0.25, 0.3) is 10.9 Å². The summed E-state index contributed by atoms with van der Waals surface area (Å²) < 4.78 is 0. The number of hydrogen-bond donors (Lipinski definition) is 1. The second-order valence-corrected chi connectivity index (χ2v) is 4.21. The van der Waals surface area contributed by atoms with Gasteiger partial charge in [0.15, 0.2) is 5.78 Å². The number of benzene rings is 1. The van der Waals surface area contributed by atoms with E-state index in [4.69, 9.17) is 5.73 Å². The summed E-state index contributed by atoms with van der Waals surface area (Å²) in [5.41, 5.74) is 7.98. The molecule has 0 unspecified atom stereocenters. The molecule has 0 atom stereocenters. The molecular formula is C15H11N3O. The van der Waals surface area contributed by atoms with Gasteiger partial charge in [-0.25, -0.2) is 0 Å². The molecule has 2 N–H and O–H groups in total. The first-order chi connectivity index (χ1) is 9.25. The number of pyridine rings is 2. The molecule has 0 aliphatic carbocycles. The van der Waals surface area contributed by atoms with E-state index in [1.54, 1.807) is 18.5 Å². The van der Waals surface area contributed by atoms with Gasteiger partial charge in [0.05, 0.1) is 17.4 Å². The number of ketones is 1. The molecule has 2 aromatic heterocycles. The van der Waals surface area contributed by atoms with Crippen LogP contribution in [0.1, 0.15) is 15.9 Å². The Hall–Kier alpha value is -2.75. The first-order valence-electron chi connectivity index (χ1n) is 5.85. The average Bonchev–Trinajstić information content (AvgIpc) is 2.46. The molecule has 19 heavy (non-hydrogen) atoms. The number of aromatic nitrogens is 2. The Morgan fingerprint density at radius 3 is 2.79 bits per heavy atom. The van der Waals surface area contributed by atoms with Crippen molar-refractivity contribution in [2.24, 2.45) is 0 Å². The van der Waals surface area contributed by atoms with Crippen LogP contribution in [0.5, 0.6) is 0 Å². The summed E-state index contributed by atoms with van der Waals surface area (Å²) in [5, 5.41) is 0.931. The van der Waals surface area contributed by atoms with Crippen LogP contribution in [0.2, 0.25) is 0 Å². The second-order valence-electron chi connectivity index (χ2n) is 4.21. The number of carbonyl (C=O) groups is 1. The highest BCUT2D eigenvalue weighted by Gasteiger charge is 2.12. The number of nitrogens with zero attached hydrogens (tertiary/aromatic N) is 2. The van der Waals surface area contributed by atoms with E-state index in [9.17, 15) is 4.79 Å². The van der Waals surface area contributed by atoms with Crippen LogP contribution in [-0.2, 0) is 0 Å². The predicted molar refractivity (Wildman–Crippen MR) is 73.8 cm³/mol. The topological polar surface area (TPSA) is 68.9 Å². The normalized spacial score (nSPS) is 10.5. The lowest BCUT2D eigenvalue weighted by molar-refractivity contribution is 0.103. The SMILES string of the molecule is Nc1cnccc1C(=O)c1cnc2ccccc2c1. The molecule has 0 bridgehead atoms. The van der Waals surface area contributed by atoms with Gasteiger partial charge in [0, 0.05) is 28.9 Å². The van der Waals surface area contributed by atoms with Gasteiger partial charge in [-0.1, -0.05) is 18.2 Å². The van der Waals surface area contributed by atoms with Crippen molar-refractivity contribution in [3.8, 4) is 0 Å². The lowest BCUT2D eigenvalue weighted by Gasteiger charge is -2.05. The van der Waals surface area contributed by atoms with Gasteiger partial charge in [-0.2, -0.15) is 0 Å². The van der Waals surface area contributed by atoms with Crippen molar-refractivity contribution < 1.29 is 4.79 Å². The molecule has 1 aromatic carbocycles. The molecule has 0 aliphatic rings. The quantitative estimate of drug-likeness (QED) is 0.708. The maximum atomic E-state index is 12.4. The molecule has 3 aromatic rings. The number of anilines is 1. The highest BCUT2D eigenvalue weighted by Crippen LogP contribution is 2.18. The zero-order valence-corrected chi connectivity index (χ0v) is 10.1. The third kappa shape index (κ3) is 2.04. The molecule has 0 spiro atoms. The lowest BCUT2D eigenvalue weighted by atomic mass is 10.0. The van der Waals surface area contributed by atoms with Crippen LogP contribution in [-0.4, -0.2) is 15.8 Å². The van der Waals surface area contributed by atoms with Crippen LogP contribution in [0, 0.1) is 0 Å². The van der Waals surface area contributed by atoms with Crippen molar-refractivity contribution in [1.29, 1.82) is 0 Å². The second kappa shape index (κ2) is 4.49.